The number of amides is 2. The van der Waals surface area contributed by atoms with Crippen molar-refractivity contribution in [3.8, 4) is 5.69 Å². The first-order chi connectivity index (χ1) is 12.8. The van der Waals surface area contributed by atoms with Gasteiger partial charge in [0.2, 0.25) is 0 Å². The smallest absolute Gasteiger partial charge is 0.318 e. The highest BCUT2D eigenvalue weighted by Crippen LogP contribution is 2.23. The maximum absolute atomic E-state index is 11.7. The number of aryl methyl sites for hydroxylation is 1. The van der Waals surface area contributed by atoms with Gasteiger partial charge in [-0.05, 0) is 61.9 Å². The number of carbonyl (C=O) groups excluding carboxylic acids is 2. The van der Waals surface area contributed by atoms with Gasteiger partial charge < -0.3 is 9.88 Å². The van der Waals surface area contributed by atoms with Crippen LogP contribution in [0.15, 0.2) is 41.4 Å². The zero-order valence-corrected chi connectivity index (χ0v) is 15.2. The Hall–Kier alpha value is -3.26. The zero-order chi connectivity index (χ0) is 19.7. The molecule has 2 aromatic rings. The maximum Gasteiger partial charge on any atom is 0.368 e. The average Bonchev–Trinajstić information content (AvgIpc) is 2.87. The molecular weight excluding hydrogens is 372 g/mol. The summed E-state index contributed by atoms with van der Waals surface area (Å²) in [5.41, 5.74) is 3.71. The van der Waals surface area contributed by atoms with Crippen molar-refractivity contribution in [2.24, 2.45) is 4.99 Å². The fraction of sp³-hybridized carbons (Fsp3) is 0.167. The molecule has 8 nitrogen and oxygen atoms in total. The Morgan fingerprint density at radius 2 is 1.89 bits per heavy atom. The van der Waals surface area contributed by atoms with E-state index in [-0.39, 0.29) is 5.84 Å². The monoisotopic (exact) mass is 386 g/mol. The van der Waals surface area contributed by atoms with Crippen LogP contribution in [0.3, 0.4) is 0 Å². The van der Waals surface area contributed by atoms with Crippen molar-refractivity contribution in [3.05, 3.63) is 68.5 Å². The van der Waals surface area contributed by atoms with Gasteiger partial charge in [0.25, 0.3) is 0 Å². The Labute approximate surface area is 159 Å². The molecule has 1 aliphatic heterocycles. The highest BCUT2D eigenvalue weighted by atomic mass is 35.5. The molecule has 0 radical (unpaired) electrons. The molecule has 0 saturated carbocycles. The lowest BCUT2D eigenvalue weighted by molar-refractivity contribution is -0.493. The molecule has 3 rings (SSSR count). The number of nitro groups is 1. The van der Waals surface area contributed by atoms with Crippen LogP contribution in [0.4, 0.5) is 0 Å². The summed E-state index contributed by atoms with van der Waals surface area (Å²) in [5, 5.41) is 13.6. The molecule has 0 bridgehead atoms. The topological polar surface area (TPSA) is 107 Å². The van der Waals surface area contributed by atoms with Crippen molar-refractivity contribution in [3.63, 3.8) is 0 Å². The fourth-order valence-electron chi connectivity index (χ4n) is 2.89. The number of amidine groups is 1. The highest BCUT2D eigenvalue weighted by Gasteiger charge is 2.41. The second kappa shape index (κ2) is 7.16. The standard InChI is InChI=1S/C18H15ClN4O4/c1-10-9-12(11(2)22(10)14-6-4-13(19)5-7-14)3-8-15-20-17(24)16(23(26)27)18(25)21-15/h3-9,16H,1-2H3,(H,20,21,24,25)/b8-3+. The summed E-state index contributed by atoms with van der Waals surface area (Å²) in [4.78, 5) is 36.7. The zero-order valence-electron chi connectivity index (χ0n) is 14.5. The minimum absolute atomic E-state index is 0.0283. The Morgan fingerprint density at radius 1 is 1.22 bits per heavy atom. The molecule has 1 aromatic heterocycles. The summed E-state index contributed by atoms with van der Waals surface area (Å²) in [7, 11) is 0. The van der Waals surface area contributed by atoms with E-state index in [1.165, 1.54) is 6.08 Å². The number of carbonyl (C=O) groups is 2. The van der Waals surface area contributed by atoms with Gasteiger partial charge >= 0.3 is 17.9 Å². The first-order valence-electron chi connectivity index (χ1n) is 7.98. The minimum Gasteiger partial charge on any atom is -0.318 e. The quantitative estimate of drug-likeness (QED) is 0.494. The number of aromatic nitrogens is 1. The van der Waals surface area contributed by atoms with Crippen molar-refractivity contribution in [2.45, 2.75) is 19.9 Å². The molecule has 1 aromatic carbocycles. The Balaban J connectivity index is 1.89. The van der Waals surface area contributed by atoms with Gasteiger partial charge in [0.15, 0.2) is 0 Å². The third-order valence-electron chi connectivity index (χ3n) is 4.15. The van der Waals surface area contributed by atoms with Crippen LogP contribution in [0.1, 0.15) is 17.0 Å². The highest BCUT2D eigenvalue weighted by molar-refractivity contribution is 6.30. The fourth-order valence-corrected chi connectivity index (χ4v) is 3.02. The van der Waals surface area contributed by atoms with E-state index in [0.29, 0.717) is 5.02 Å². The average molecular weight is 387 g/mol. The van der Waals surface area contributed by atoms with E-state index in [1.807, 2.05) is 36.6 Å². The number of benzene rings is 1. The second-order valence-corrected chi connectivity index (χ2v) is 6.42. The third-order valence-corrected chi connectivity index (χ3v) is 4.40. The lowest BCUT2D eigenvalue weighted by Gasteiger charge is -2.12. The van der Waals surface area contributed by atoms with Crippen LogP contribution < -0.4 is 5.32 Å². The largest absolute Gasteiger partial charge is 0.368 e. The molecule has 0 spiro atoms. The molecule has 2 amide bonds. The predicted octanol–water partition coefficient (Wildman–Crippen LogP) is 2.46. The molecular formula is C18H15ClN4O4. The van der Waals surface area contributed by atoms with E-state index in [4.69, 9.17) is 11.6 Å². The lowest BCUT2D eigenvalue weighted by atomic mass is 10.2. The summed E-state index contributed by atoms with van der Waals surface area (Å²) in [6, 6.07) is 7.35. The van der Waals surface area contributed by atoms with Gasteiger partial charge in [0.05, 0.1) is 0 Å². The normalized spacial score (nSPS) is 17.1. The van der Waals surface area contributed by atoms with Crippen LogP contribution in [0.5, 0.6) is 0 Å². The van der Waals surface area contributed by atoms with Gasteiger partial charge in [0.1, 0.15) is 5.84 Å². The van der Waals surface area contributed by atoms with Crippen LogP contribution in [0, 0.1) is 24.0 Å². The summed E-state index contributed by atoms with van der Waals surface area (Å²) < 4.78 is 2.03. The third kappa shape index (κ3) is 3.65. The predicted molar refractivity (Wildman–Crippen MR) is 101 cm³/mol. The van der Waals surface area contributed by atoms with E-state index < -0.39 is 22.8 Å². The molecule has 0 fully saturated rings. The van der Waals surface area contributed by atoms with Crippen LogP contribution in [0.2, 0.25) is 5.02 Å². The number of nitrogens with one attached hydrogen (secondary N) is 1. The van der Waals surface area contributed by atoms with Gasteiger partial charge in [-0.25, -0.2) is 0 Å². The van der Waals surface area contributed by atoms with Crippen molar-refractivity contribution in [2.75, 3.05) is 0 Å². The molecule has 1 atom stereocenters. The van der Waals surface area contributed by atoms with Crippen molar-refractivity contribution < 1.29 is 14.5 Å². The van der Waals surface area contributed by atoms with E-state index in [0.717, 1.165) is 22.6 Å². The minimum atomic E-state index is -1.99. The number of halogens is 1. The second-order valence-electron chi connectivity index (χ2n) is 5.98. The number of hydrogen-bond donors (Lipinski definition) is 1. The first-order valence-corrected chi connectivity index (χ1v) is 8.35. The summed E-state index contributed by atoms with van der Waals surface area (Å²) in [6.45, 7) is 3.88. The van der Waals surface area contributed by atoms with Gasteiger partial charge in [-0.1, -0.05) is 11.6 Å². The summed E-state index contributed by atoms with van der Waals surface area (Å²) >= 11 is 5.94. The molecule has 138 valence electrons. The van der Waals surface area contributed by atoms with Crippen molar-refractivity contribution in [1.29, 1.82) is 0 Å². The van der Waals surface area contributed by atoms with Crippen LogP contribution >= 0.6 is 11.6 Å². The van der Waals surface area contributed by atoms with Gasteiger partial charge in [-0.15, -0.1) is 0 Å². The Morgan fingerprint density at radius 3 is 2.48 bits per heavy atom. The number of nitrogens with zero attached hydrogens (tertiary/aromatic N) is 3. The molecule has 1 unspecified atom stereocenters. The Bertz CT molecular complexity index is 1010. The SMILES string of the molecule is Cc1cc(/C=C/C2=NC(=O)C([N+](=O)[O-])C(=O)N2)c(C)n1-c1ccc(Cl)cc1. The van der Waals surface area contributed by atoms with E-state index in [1.54, 1.807) is 18.2 Å². The molecule has 0 aliphatic carbocycles. The number of aliphatic imine (C=N–C) groups is 1. The van der Waals surface area contributed by atoms with Crippen molar-refractivity contribution in [1.82, 2.24) is 9.88 Å². The molecule has 1 N–H and O–H groups in total. The lowest BCUT2D eigenvalue weighted by Crippen LogP contribution is -2.50. The Kier molecular flexibility index (Phi) is 4.91. The van der Waals surface area contributed by atoms with Gasteiger partial charge in [0, 0.05) is 27.0 Å². The van der Waals surface area contributed by atoms with Crippen molar-refractivity contribution >= 4 is 35.3 Å². The summed E-state index contributed by atoms with van der Waals surface area (Å²) in [5.74, 6) is -2.11. The molecule has 0 saturated heterocycles. The maximum atomic E-state index is 11.7. The molecule has 1 aliphatic rings. The van der Waals surface area contributed by atoms with Gasteiger partial charge in [-0.2, -0.15) is 4.99 Å². The molecule has 9 heteroatoms. The van der Waals surface area contributed by atoms with Crippen LogP contribution in [-0.2, 0) is 9.59 Å². The number of rotatable bonds is 4. The van der Waals surface area contributed by atoms with Gasteiger partial charge in [-0.3, -0.25) is 19.7 Å². The van der Waals surface area contributed by atoms with E-state index >= 15 is 0 Å². The molecule has 2 heterocycles. The first kappa shape index (κ1) is 18.5. The van der Waals surface area contributed by atoms with Crippen LogP contribution in [0.25, 0.3) is 11.8 Å². The number of hydrogen-bond acceptors (Lipinski definition) is 4. The summed E-state index contributed by atoms with van der Waals surface area (Å²) in [6.07, 6.45) is 3.13. The van der Waals surface area contributed by atoms with Crippen LogP contribution in [-0.4, -0.2) is 33.2 Å². The van der Waals surface area contributed by atoms with E-state index in [2.05, 4.69) is 10.3 Å². The molecule has 27 heavy (non-hydrogen) atoms. The van der Waals surface area contributed by atoms with E-state index in [9.17, 15) is 19.7 Å².